The van der Waals surface area contributed by atoms with Gasteiger partial charge in [0.05, 0.1) is 6.26 Å². The third kappa shape index (κ3) is 4.30. The van der Waals surface area contributed by atoms with Crippen LogP contribution in [0.25, 0.3) is 0 Å². The van der Waals surface area contributed by atoms with E-state index in [1.165, 1.54) is 0 Å². The van der Waals surface area contributed by atoms with Crippen LogP contribution >= 0.6 is 0 Å². The van der Waals surface area contributed by atoms with Crippen molar-refractivity contribution in [2.75, 3.05) is 18.4 Å². The fourth-order valence-corrected chi connectivity index (χ4v) is 2.99. The minimum atomic E-state index is -3.59. The molecule has 0 aliphatic heterocycles. The van der Waals surface area contributed by atoms with Gasteiger partial charge in [0.1, 0.15) is 16.5 Å². The topological polar surface area (TPSA) is 84.2 Å². The van der Waals surface area contributed by atoms with E-state index in [1.54, 1.807) is 30.7 Å². The Bertz CT molecular complexity index is 654. The summed E-state index contributed by atoms with van der Waals surface area (Å²) in [6.07, 6.45) is 4.53. The summed E-state index contributed by atoms with van der Waals surface area (Å²) in [7, 11) is -3.59. The first kappa shape index (κ1) is 15.5. The number of aromatic nitrogens is 1. The molecule has 0 aliphatic carbocycles. The maximum atomic E-state index is 12.3. The number of pyridine rings is 1. The SMILES string of the molecule is CCCNc1ncccc1S(=O)(=O)NCCc1ccco1. The highest BCUT2D eigenvalue weighted by Crippen LogP contribution is 2.17. The lowest BCUT2D eigenvalue weighted by Crippen LogP contribution is -2.27. The molecule has 0 saturated carbocycles. The second-order valence-electron chi connectivity index (χ2n) is 4.50. The number of anilines is 1. The Kier molecular flexibility index (Phi) is 5.35. The van der Waals surface area contributed by atoms with Crippen molar-refractivity contribution in [3.8, 4) is 0 Å². The lowest BCUT2D eigenvalue weighted by molar-refractivity contribution is 0.506. The van der Waals surface area contributed by atoms with Crippen LogP contribution in [-0.4, -0.2) is 26.5 Å². The standard InChI is InChI=1S/C14H19N3O3S/c1-2-8-15-14-13(6-3-9-16-14)21(18,19)17-10-7-12-5-4-11-20-12/h3-6,9,11,17H,2,7-8,10H2,1H3,(H,15,16). The fourth-order valence-electron chi connectivity index (χ4n) is 1.82. The summed E-state index contributed by atoms with van der Waals surface area (Å²) in [4.78, 5) is 4.26. The van der Waals surface area contributed by atoms with Crippen molar-refractivity contribution in [1.29, 1.82) is 0 Å². The second kappa shape index (κ2) is 7.24. The minimum Gasteiger partial charge on any atom is -0.469 e. The van der Waals surface area contributed by atoms with Crippen LogP contribution in [0.4, 0.5) is 5.82 Å². The molecule has 0 spiro atoms. The molecule has 2 N–H and O–H groups in total. The quantitative estimate of drug-likeness (QED) is 0.779. The second-order valence-corrected chi connectivity index (χ2v) is 6.24. The van der Waals surface area contributed by atoms with Crippen LogP contribution in [0.5, 0.6) is 0 Å². The maximum absolute atomic E-state index is 12.3. The van der Waals surface area contributed by atoms with Gasteiger partial charge in [-0.1, -0.05) is 6.92 Å². The summed E-state index contributed by atoms with van der Waals surface area (Å²) >= 11 is 0. The van der Waals surface area contributed by atoms with Gasteiger partial charge >= 0.3 is 0 Å². The summed E-state index contributed by atoms with van der Waals surface area (Å²) in [6.45, 7) is 2.95. The van der Waals surface area contributed by atoms with Crippen LogP contribution in [0.3, 0.4) is 0 Å². The molecule has 2 heterocycles. The minimum absolute atomic E-state index is 0.165. The van der Waals surface area contributed by atoms with Crippen LogP contribution < -0.4 is 10.0 Å². The molecule has 2 aromatic heterocycles. The molecule has 0 aliphatic rings. The molecule has 0 atom stereocenters. The lowest BCUT2D eigenvalue weighted by Gasteiger charge is -2.11. The Morgan fingerprint density at radius 1 is 1.24 bits per heavy atom. The Morgan fingerprint density at radius 2 is 2.10 bits per heavy atom. The molecule has 21 heavy (non-hydrogen) atoms. The Labute approximate surface area is 124 Å². The van der Waals surface area contributed by atoms with Crippen molar-refractivity contribution in [2.45, 2.75) is 24.7 Å². The van der Waals surface area contributed by atoms with Crippen molar-refractivity contribution in [2.24, 2.45) is 0 Å². The predicted octanol–water partition coefficient (Wildman–Crippen LogP) is 2.02. The van der Waals surface area contributed by atoms with Crippen LogP contribution in [-0.2, 0) is 16.4 Å². The van der Waals surface area contributed by atoms with Gasteiger partial charge in [0.15, 0.2) is 0 Å². The molecular weight excluding hydrogens is 290 g/mol. The summed E-state index contributed by atoms with van der Waals surface area (Å²) < 4.78 is 32.4. The van der Waals surface area contributed by atoms with Gasteiger partial charge in [0.25, 0.3) is 0 Å². The molecular formula is C14H19N3O3S. The van der Waals surface area contributed by atoms with Crippen molar-refractivity contribution in [1.82, 2.24) is 9.71 Å². The molecule has 0 saturated heterocycles. The van der Waals surface area contributed by atoms with E-state index >= 15 is 0 Å². The molecule has 6 nitrogen and oxygen atoms in total. The fraction of sp³-hybridized carbons (Fsp3) is 0.357. The van der Waals surface area contributed by atoms with E-state index in [1.807, 2.05) is 13.0 Å². The molecule has 0 fully saturated rings. The van der Waals surface area contributed by atoms with Crippen molar-refractivity contribution in [3.63, 3.8) is 0 Å². The molecule has 7 heteroatoms. The number of furan rings is 1. The highest BCUT2D eigenvalue weighted by Gasteiger charge is 2.18. The van der Waals surface area contributed by atoms with E-state index in [4.69, 9.17) is 4.42 Å². The van der Waals surface area contributed by atoms with Gasteiger partial charge in [-0.05, 0) is 30.7 Å². The number of nitrogens with one attached hydrogen (secondary N) is 2. The van der Waals surface area contributed by atoms with E-state index < -0.39 is 10.0 Å². The zero-order chi connectivity index (χ0) is 15.1. The average molecular weight is 309 g/mol. The van der Waals surface area contributed by atoms with Crippen molar-refractivity contribution >= 4 is 15.8 Å². The number of nitrogens with zero attached hydrogens (tertiary/aromatic N) is 1. The van der Waals surface area contributed by atoms with Crippen LogP contribution in [0.15, 0.2) is 46.0 Å². The van der Waals surface area contributed by atoms with Crippen LogP contribution in [0.2, 0.25) is 0 Å². The highest BCUT2D eigenvalue weighted by atomic mass is 32.2. The first-order valence-corrected chi connectivity index (χ1v) is 8.32. The summed E-state index contributed by atoms with van der Waals surface area (Å²) in [5, 5.41) is 3.02. The predicted molar refractivity (Wildman–Crippen MR) is 80.6 cm³/mol. The zero-order valence-electron chi connectivity index (χ0n) is 11.9. The van der Waals surface area contributed by atoms with Crippen molar-refractivity contribution in [3.05, 3.63) is 42.5 Å². The van der Waals surface area contributed by atoms with Gasteiger partial charge in [0.2, 0.25) is 10.0 Å². The van der Waals surface area contributed by atoms with Crippen LogP contribution in [0.1, 0.15) is 19.1 Å². The highest BCUT2D eigenvalue weighted by molar-refractivity contribution is 7.89. The third-order valence-corrected chi connectivity index (χ3v) is 4.34. The number of hydrogen-bond acceptors (Lipinski definition) is 5. The average Bonchev–Trinajstić information content (AvgIpc) is 2.98. The first-order valence-electron chi connectivity index (χ1n) is 6.84. The largest absolute Gasteiger partial charge is 0.469 e. The first-order chi connectivity index (χ1) is 10.1. The lowest BCUT2D eigenvalue weighted by atomic mass is 10.3. The van der Waals surface area contributed by atoms with Gasteiger partial charge in [-0.2, -0.15) is 0 Å². The zero-order valence-corrected chi connectivity index (χ0v) is 12.7. The Balaban J connectivity index is 2.04. The number of hydrogen-bond donors (Lipinski definition) is 2. The van der Waals surface area contributed by atoms with E-state index in [-0.39, 0.29) is 11.4 Å². The molecule has 0 radical (unpaired) electrons. The van der Waals surface area contributed by atoms with E-state index in [9.17, 15) is 8.42 Å². The smallest absolute Gasteiger partial charge is 0.244 e. The van der Waals surface area contributed by atoms with Gasteiger partial charge in [-0.25, -0.2) is 18.1 Å². The van der Waals surface area contributed by atoms with E-state index in [0.29, 0.717) is 18.8 Å². The third-order valence-electron chi connectivity index (χ3n) is 2.85. The van der Waals surface area contributed by atoms with Gasteiger partial charge in [0, 0.05) is 25.7 Å². The Hall–Kier alpha value is -1.86. The molecule has 0 aromatic carbocycles. The van der Waals surface area contributed by atoms with E-state index in [0.717, 1.165) is 12.2 Å². The van der Waals surface area contributed by atoms with Gasteiger partial charge in [-0.3, -0.25) is 0 Å². The van der Waals surface area contributed by atoms with Gasteiger partial charge in [-0.15, -0.1) is 0 Å². The van der Waals surface area contributed by atoms with Crippen LogP contribution in [0, 0.1) is 0 Å². The van der Waals surface area contributed by atoms with Gasteiger partial charge < -0.3 is 9.73 Å². The summed E-state index contributed by atoms with van der Waals surface area (Å²) in [6, 6.07) is 6.74. The molecule has 114 valence electrons. The number of sulfonamides is 1. The monoisotopic (exact) mass is 309 g/mol. The molecule has 2 rings (SSSR count). The molecule has 0 amide bonds. The summed E-state index contributed by atoms with van der Waals surface area (Å²) in [5.74, 6) is 1.12. The normalized spacial score (nSPS) is 11.5. The maximum Gasteiger partial charge on any atom is 0.244 e. The van der Waals surface area contributed by atoms with E-state index in [2.05, 4.69) is 15.0 Å². The molecule has 0 bridgehead atoms. The summed E-state index contributed by atoms with van der Waals surface area (Å²) in [5.41, 5.74) is 0. The Morgan fingerprint density at radius 3 is 2.81 bits per heavy atom. The number of rotatable bonds is 8. The van der Waals surface area contributed by atoms with Crippen molar-refractivity contribution < 1.29 is 12.8 Å². The molecule has 0 unspecified atom stereocenters. The molecule has 2 aromatic rings.